The van der Waals surface area contributed by atoms with Gasteiger partial charge in [0, 0.05) is 6.07 Å². The average Bonchev–Trinajstić information content (AvgIpc) is 2.89. The van der Waals surface area contributed by atoms with E-state index in [1.165, 1.54) is 0 Å². The number of carbonyl (C=O) groups is 1. The molecule has 0 aliphatic rings. The largest absolute Gasteiger partial charge is 0.464 e. The molecule has 22 heavy (non-hydrogen) atoms. The highest BCUT2D eigenvalue weighted by Gasteiger charge is 2.32. The van der Waals surface area contributed by atoms with Crippen molar-refractivity contribution in [3.8, 4) is 11.6 Å². The number of benzene rings is 1. The molecule has 2 rings (SSSR count). The molecule has 0 unspecified atom stereocenters. The standard InChI is InChI=1S/C12H7ClF4N2O3/c1-21-11(20)8-4-9(19-18-8)22-10-6(13)2-5(3-7(10)14)12(15,16)17/h2-4H,1H3,(H,18,19). The zero-order chi connectivity index (χ0) is 16.5. The molecule has 2 aromatic rings. The molecule has 0 bridgehead atoms. The number of ether oxygens (including phenoxy) is 2. The highest BCUT2D eigenvalue weighted by Crippen LogP contribution is 2.38. The van der Waals surface area contributed by atoms with Gasteiger partial charge in [0.05, 0.1) is 17.7 Å². The van der Waals surface area contributed by atoms with Crippen LogP contribution in [0.3, 0.4) is 0 Å². The van der Waals surface area contributed by atoms with Crippen LogP contribution in [0.4, 0.5) is 17.6 Å². The third-order valence-corrected chi connectivity index (χ3v) is 2.77. The first kappa shape index (κ1) is 16.1. The Hall–Kier alpha value is -2.29. The van der Waals surface area contributed by atoms with Crippen LogP contribution >= 0.6 is 11.6 Å². The van der Waals surface area contributed by atoms with Crippen molar-refractivity contribution in [1.82, 2.24) is 10.2 Å². The summed E-state index contributed by atoms with van der Waals surface area (Å²) in [5.41, 5.74) is -1.33. The van der Waals surface area contributed by atoms with Crippen molar-refractivity contribution in [2.75, 3.05) is 7.11 Å². The van der Waals surface area contributed by atoms with Gasteiger partial charge in [-0.05, 0) is 12.1 Å². The Morgan fingerprint density at radius 1 is 1.32 bits per heavy atom. The maximum absolute atomic E-state index is 13.7. The van der Waals surface area contributed by atoms with Crippen LogP contribution in [0.1, 0.15) is 16.1 Å². The van der Waals surface area contributed by atoms with Crippen molar-refractivity contribution in [2.45, 2.75) is 6.18 Å². The summed E-state index contributed by atoms with van der Waals surface area (Å²) < 4.78 is 60.6. The normalized spacial score (nSPS) is 11.4. The van der Waals surface area contributed by atoms with Gasteiger partial charge in [0.15, 0.2) is 11.6 Å². The molecule has 0 spiro atoms. The van der Waals surface area contributed by atoms with Crippen LogP contribution in [0.15, 0.2) is 18.2 Å². The number of aromatic amines is 1. The Kier molecular flexibility index (Phi) is 4.27. The van der Waals surface area contributed by atoms with E-state index in [4.69, 9.17) is 16.3 Å². The molecule has 1 aromatic heterocycles. The van der Waals surface area contributed by atoms with E-state index in [2.05, 4.69) is 14.9 Å². The molecule has 1 N–H and O–H groups in total. The number of rotatable bonds is 3. The number of H-pyrrole nitrogens is 1. The van der Waals surface area contributed by atoms with E-state index < -0.39 is 34.3 Å². The van der Waals surface area contributed by atoms with Gasteiger partial charge in [-0.2, -0.15) is 13.2 Å². The second-order valence-electron chi connectivity index (χ2n) is 3.98. The molecule has 0 fully saturated rings. The summed E-state index contributed by atoms with van der Waals surface area (Å²) in [7, 11) is 1.14. The lowest BCUT2D eigenvalue weighted by atomic mass is 10.2. The van der Waals surface area contributed by atoms with Gasteiger partial charge in [-0.1, -0.05) is 11.6 Å². The van der Waals surface area contributed by atoms with Crippen molar-refractivity contribution in [3.05, 3.63) is 40.3 Å². The molecule has 0 saturated carbocycles. The van der Waals surface area contributed by atoms with Gasteiger partial charge in [0.2, 0.25) is 5.88 Å². The number of alkyl halides is 3. The van der Waals surface area contributed by atoms with E-state index in [-0.39, 0.29) is 17.6 Å². The number of aromatic nitrogens is 2. The van der Waals surface area contributed by atoms with Gasteiger partial charge in [-0.3, -0.25) is 5.10 Å². The van der Waals surface area contributed by atoms with Crippen LogP contribution in [-0.2, 0) is 10.9 Å². The zero-order valence-electron chi connectivity index (χ0n) is 10.8. The minimum atomic E-state index is -4.74. The van der Waals surface area contributed by atoms with Gasteiger partial charge in [0.25, 0.3) is 0 Å². The topological polar surface area (TPSA) is 64.2 Å². The van der Waals surface area contributed by atoms with Crippen LogP contribution in [0.2, 0.25) is 5.02 Å². The first-order chi connectivity index (χ1) is 10.2. The fourth-order valence-corrected chi connectivity index (χ4v) is 1.74. The molecule has 0 aliphatic heterocycles. The maximum Gasteiger partial charge on any atom is 0.416 e. The zero-order valence-corrected chi connectivity index (χ0v) is 11.5. The SMILES string of the molecule is COC(=O)c1cc(Oc2c(F)cc(C(F)(F)F)cc2Cl)n[nH]1. The number of hydrogen-bond donors (Lipinski definition) is 1. The number of methoxy groups -OCH3 is 1. The number of halogens is 5. The minimum absolute atomic E-state index is 0.0825. The third kappa shape index (κ3) is 3.30. The lowest BCUT2D eigenvalue weighted by Crippen LogP contribution is -2.06. The molecule has 5 nitrogen and oxygen atoms in total. The van der Waals surface area contributed by atoms with Crippen LogP contribution < -0.4 is 4.74 Å². The van der Waals surface area contributed by atoms with E-state index >= 15 is 0 Å². The maximum atomic E-state index is 13.7. The molecular formula is C12H7ClF4N2O3. The molecule has 10 heteroatoms. The summed E-state index contributed by atoms with van der Waals surface area (Å²) in [6, 6.07) is 1.85. The van der Waals surface area contributed by atoms with E-state index in [0.29, 0.717) is 6.07 Å². The van der Waals surface area contributed by atoms with Crippen molar-refractivity contribution in [2.24, 2.45) is 0 Å². The molecule has 1 aromatic carbocycles. The van der Waals surface area contributed by atoms with Crippen LogP contribution in [0, 0.1) is 5.82 Å². The van der Waals surface area contributed by atoms with E-state index in [9.17, 15) is 22.4 Å². The molecule has 0 aliphatic carbocycles. The average molecular weight is 339 g/mol. The van der Waals surface area contributed by atoms with Crippen LogP contribution in [0.25, 0.3) is 0 Å². The molecule has 0 atom stereocenters. The highest BCUT2D eigenvalue weighted by atomic mass is 35.5. The number of hydrogen-bond acceptors (Lipinski definition) is 4. The van der Waals surface area contributed by atoms with E-state index in [1.54, 1.807) is 0 Å². The lowest BCUT2D eigenvalue weighted by Gasteiger charge is -2.10. The van der Waals surface area contributed by atoms with Gasteiger partial charge in [0.1, 0.15) is 5.69 Å². The van der Waals surface area contributed by atoms with Gasteiger partial charge in [-0.15, -0.1) is 5.10 Å². The van der Waals surface area contributed by atoms with Crippen LogP contribution in [-0.4, -0.2) is 23.3 Å². The first-order valence-corrected chi connectivity index (χ1v) is 5.98. The summed E-state index contributed by atoms with van der Waals surface area (Å²) in [5.74, 6) is -2.97. The number of nitrogens with zero attached hydrogens (tertiary/aromatic N) is 1. The summed E-state index contributed by atoms with van der Waals surface area (Å²) in [6.45, 7) is 0. The van der Waals surface area contributed by atoms with Gasteiger partial charge >= 0.3 is 12.1 Å². The van der Waals surface area contributed by atoms with Gasteiger partial charge in [-0.25, -0.2) is 9.18 Å². The Bertz CT molecular complexity index is 692. The third-order valence-electron chi connectivity index (χ3n) is 2.49. The second-order valence-corrected chi connectivity index (χ2v) is 4.39. The monoisotopic (exact) mass is 338 g/mol. The summed E-state index contributed by atoms with van der Waals surface area (Å²) in [5, 5.41) is 5.21. The summed E-state index contributed by atoms with van der Waals surface area (Å²) in [4.78, 5) is 11.2. The Labute approximate surface area is 125 Å². The van der Waals surface area contributed by atoms with Crippen molar-refractivity contribution < 1.29 is 31.8 Å². The Balaban J connectivity index is 2.30. The number of nitrogens with one attached hydrogen (secondary N) is 1. The van der Waals surface area contributed by atoms with Crippen LogP contribution in [0.5, 0.6) is 11.6 Å². The predicted octanol–water partition coefficient (Wildman–Crippen LogP) is 3.80. The molecule has 0 radical (unpaired) electrons. The lowest BCUT2D eigenvalue weighted by molar-refractivity contribution is -0.137. The Morgan fingerprint density at radius 3 is 2.55 bits per heavy atom. The van der Waals surface area contributed by atoms with E-state index in [1.807, 2.05) is 0 Å². The predicted molar refractivity (Wildman–Crippen MR) is 66.4 cm³/mol. The van der Waals surface area contributed by atoms with Crippen molar-refractivity contribution in [1.29, 1.82) is 0 Å². The van der Waals surface area contributed by atoms with E-state index in [0.717, 1.165) is 13.2 Å². The Morgan fingerprint density at radius 2 is 2.00 bits per heavy atom. The smallest absolute Gasteiger partial charge is 0.416 e. The summed E-state index contributed by atoms with van der Waals surface area (Å²) >= 11 is 5.59. The van der Waals surface area contributed by atoms with Crippen molar-refractivity contribution in [3.63, 3.8) is 0 Å². The number of esters is 1. The minimum Gasteiger partial charge on any atom is -0.464 e. The quantitative estimate of drug-likeness (QED) is 0.683. The van der Waals surface area contributed by atoms with Gasteiger partial charge < -0.3 is 9.47 Å². The second kappa shape index (κ2) is 5.84. The van der Waals surface area contributed by atoms with Crippen molar-refractivity contribution >= 4 is 17.6 Å². The molecular weight excluding hydrogens is 332 g/mol. The fraction of sp³-hybridized carbons (Fsp3) is 0.167. The number of carbonyl (C=O) groups excluding carboxylic acids is 1. The molecule has 0 saturated heterocycles. The summed E-state index contributed by atoms with van der Waals surface area (Å²) in [6.07, 6.45) is -4.74. The highest BCUT2D eigenvalue weighted by molar-refractivity contribution is 6.32. The molecule has 0 amide bonds. The fourth-order valence-electron chi connectivity index (χ4n) is 1.50. The molecule has 1 heterocycles. The first-order valence-electron chi connectivity index (χ1n) is 5.60. The molecule has 118 valence electrons.